The Morgan fingerprint density at radius 1 is 1.14 bits per heavy atom. The van der Waals surface area contributed by atoms with Gasteiger partial charge in [0.05, 0.1) is 5.56 Å². The van der Waals surface area contributed by atoms with Crippen molar-refractivity contribution in [3.63, 3.8) is 0 Å². The number of hydrogen-bond acceptors (Lipinski definition) is 2. The number of carbonyl (C=O) groups excluding carboxylic acids is 1. The highest BCUT2D eigenvalue weighted by Gasteiger charge is 2.38. The molecule has 0 spiro atoms. The number of hydrogen-bond donors (Lipinski definition) is 0. The molecule has 1 aliphatic rings. The van der Waals surface area contributed by atoms with Crippen LogP contribution in [-0.2, 0) is 16.8 Å². The van der Waals surface area contributed by atoms with Crippen LogP contribution in [0.15, 0.2) is 54.6 Å². The summed E-state index contributed by atoms with van der Waals surface area (Å²) in [5, 5.41) is 2.02. The van der Waals surface area contributed by atoms with Gasteiger partial charge in [-0.1, -0.05) is 50.2 Å². The van der Waals surface area contributed by atoms with Gasteiger partial charge in [0.15, 0.2) is 0 Å². The molecule has 0 fully saturated rings. The quantitative estimate of drug-likeness (QED) is 0.485. The monoisotopic (exact) mass is 376 g/mol. The Balaban J connectivity index is 1.71. The molecule has 3 aromatic rings. The third kappa shape index (κ3) is 3.09. The average molecular weight is 376 g/mol. The molecule has 2 atom stereocenters. The van der Waals surface area contributed by atoms with Crippen LogP contribution >= 0.6 is 0 Å². The molecule has 28 heavy (non-hydrogen) atoms. The molecule has 3 heteroatoms. The maximum atomic E-state index is 13.5. The Morgan fingerprint density at radius 2 is 1.89 bits per heavy atom. The lowest BCUT2D eigenvalue weighted by atomic mass is 9.91. The number of benzene rings is 3. The van der Waals surface area contributed by atoms with E-state index in [9.17, 15) is 9.18 Å². The first-order valence-corrected chi connectivity index (χ1v) is 9.97. The van der Waals surface area contributed by atoms with Crippen molar-refractivity contribution in [2.45, 2.75) is 51.6 Å². The SMILES string of the molecule is CCC(C)c1cccc2c(C(=O)OC3(C)CCc4cc(F)ccc43)cccc12. The molecule has 4 rings (SSSR count). The van der Waals surface area contributed by atoms with Crippen LogP contribution in [0.3, 0.4) is 0 Å². The summed E-state index contributed by atoms with van der Waals surface area (Å²) in [7, 11) is 0. The zero-order chi connectivity index (χ0) is 19.9. The van der Waals surface area contributed by atoms with Crippen molar-refractivity contribution in [1.29, 1.82) is 0 Å². The van der Waals surface area contributed by atoms with Crippen molar-refractivity contribution in [2.75, 3.05) is 0 Å². The summed E-state index contributed by atoms with van der Waals surface area (Å²) >= 11 is 0. The van der Waals surface area contributed by atoms with Crippen molar-refractivity contribution >= 4 is 16.7 Å². The maximum Gasteiger partial charge on any atom is 0.339 e. The molecular weight excluding hydrogens is 351 g/mol. The summed E-state index contributed by atoms with van der Waals surface area (Å²) in [6.45, 7) is 6.29. The molecule has 1 aliphatic carbocycles. The van der Waals surface area contributed by atoms with E-state index in [1.807, 2.05) is 31.2 Å². The summed E-state index contributed by atoms with van der Waals surface area (Å²) in [4.78, 5) is 13.2. The minimum Gasteiger partial charge on any atom is -0.451 e. The minimum atomic E-state index is -0.726. The highest BCUT2D eigenvalue weighted by Crippen LogP contribution is 2.41. The van der Waals surface area contributed by atoms with Gasteiger partial charge in [-0.2, -0.15) is 0 Å². The summed E-state index contributed by atoms with van der Waals surface area (Å²) in [6, 6.07) is 16.7. The van der Waals surface area contributed by atoms with E-state index in [0.717, 1.165) is 28.3 Å². The van der Waals surface area contributed by atoms with Gasteiger partial charge >= 0.3 is 5.97 Å². The fourth-order valence-electron chi connectivity index (χ4n) is 4.32. The molecule has 0 radical (unpaired) electrons. The van der Waals surface area contributed by atoms with Gasteiger partial charge in [-0.15, -0.1) is 0 Å². The first-order valence-electron chi connectivity index (χ1n) is 9.97. The molecular formula is C25H25FO2. The number of ether oxygens (including phenoxy) is 1. The van der Waals surface area contributed by atoms with Crippen LogP contribution in [0.25, 0.3) is 10.8 Å². The van der Waals surface area contributed by atoms with E-state index in [1.165, 1.54) is 11.6 Å². The van der Waals surface area contributed by atoms with E-state index in [2.05, 4.69) is 26.0 Å². The van der Waals surface area contributed by atoms with Gasteiger partial charge in [0.2, 0.25) is 0 Å². The molecule has 0 saturated heterocycles. The van der Waals surface area contributed by atoms with Gasteiger partial charge in [0.1, 0.15) is 11.4 Å². The van der Waals surface area contributed by atoms with Crippen LogP contribution < -0.4 is 0 Å². The Bertz CT molecular complexity index is 1060. The average Bonchev–Trinajstić information content (AvgIpc) is 3.01. The van der Waals surface area contributed by atoms with E-state index in [1.54, 1.807) is 12.1 Å². The van der Waals surface area contributed by atoms with Gasteiger partial charge in [-0.25, -0.2) is 9.18 Å². The van der Waals surface area contributed by atoms with Crippen LogP contribution in [0.4, 0.5) is 4.39 Å². The van der Waals surface area contributed by atoms with Crippen molar-refractivity contribution in [1.82, 2.24) is 0 Å². The molecule has 0 bridgehead atoms. The van der Waals surface area contributed by atoms with Gasteiger partial charge in [-0.05, 0) is 77.8 Å². The molecule has 0 amide bonds. The summed E-state index contributed by atoms with van der Waals surface area (Å²) in [5.41, 5.74) is 2.94. The summed E-state index contributed by atoms with van der Waals surface area (Å²) in [6.07, 6.45) is 2.42. The van der Waals surface area contributed by atoms with Crippen LogP contribution in [0, 0.1) is 5.82 Å². The number of aryl methyl sites for hydroxylation is 1. The fourth-order valence-corrected chi connectivity index (χ4v) is 4.32. The number of fused-ring (bicyclic) bond motifs is 2. The second-order valence-electron chi connectivity index (χ2n) is 7.98. The van der Waals surface area contributed by atoms with Crippen molar-refractivity contribution in [3.8, 4) is 0 Å². The standard InChI is InChI=1S/C25H25FO2/c1-4-16(2)19-7-5-9-21-20(19)8-6-10-22(21)24(27)28-25(3)14-13-17-15-18(26)11-12-23(17)25/h5-12,15-16H,4,13-14H2,1-3H3. The number of esters is 1. The first kappa shape index (κ1) is 18.7. The molecule has 0 aliphatic heterocycles. The maximum absolute atomic E-state index is 13.5. The van der Waals surface area contributed by atoms with E-state index >= 15 is 0 Å². The lowest BCUT2D eigenvalue weighted by molar-refractivity contribution is -0.0109. The lowest BCUT2D eigenvalue weighted by Gasteiger charge is -2.26. The molecule has 2 nitrogen and oxygen atoms in total. The fraction of sp³-hybridized carbons (Fsp3) is 0.320. The summed E-state index contributed by atoms with van der Waals surface area (Å²) in [5.74, 6) is -0.156. The van der Waals surface area contributed by atoms with Gasteiger partial charge in [0.25, 0.3) is 0 Å². The highest BCUT2D eigenvalue weighted by molar-refractivity contribution is 6.05. The van der Waals surface area contributed by atoms with Gasteiger partial charge in [-0.3, -0.25) is 0 Å². The Labute approximate surface area is 165 Å². The predicted octanol–water partition coefficient (Wildman–Crippen LogP) is 6.51. The van der Waals surface area contributed by atoms with Crippen LogP contribution in [0.5, 0.6) is 0 Å². The third-order valence-electron chi connectivity index (χ3n) is 6.15. The van der Waals surface area contributed by atoms with Crippen molar-refractivity contribution in [3.05, 3.63) is 82.7 Å². The van der Waals surface area contributed by atoms with Crippen molar-refractivity contribution < 1.29 is 13.9 Å². The summed E-state index contributed by atoms with van der Waals surface area (Å²) < 4.78 is 19.6. The van der Waals surface area contributed by atoms with E-state index in [4.69, 9.17) is 4.74 Å². The van der Waals surface area contributed by atoms with Gasteiger partial charge in [0, 0.05) is 0 Å². The number of rotatable bonds is 4. The Morgan fingerprint density at radius 3 is 2.68 bits per heavy atom. The van der Waals surface area contributed by atoms with Gasteiger partial charge < -0.3 is 4.74 Å². The largest absolute Gasteiger partial charge is 0.451 e. The number of carbonyl (C=O) groups is 1. The minimum absolute atomic E-state index is 0.249. The molecule has 0 aromatic heterocycles. The normalized spacial score (nSPS) is 19.4. The Hall–Kier alpha value is -2.68. The first-order chi connectivity index (χ1) is 13.4. The molecule has 2 unspecified atom stereocenters. The zero-order valence-electron chi connectivity index (χ0n) is 16.6. The Kier molecular flexibility index (Phi) is 4.70. The predicted molar refractivity (Wildman–Crippen MR) is 110 cm³/mol. The van der Waals surface area contributed by atoms with E-state index in [-0.39, 0.29) is 11.8 Å². The molecule has 0 saturated carbocycles. The highest BCUT2D eigenvalue weighted by atomic mass is 19.1. The van der Waals surface area contributed by atoms with Crippen LogP contribution in [-0.4, -0.2) is 5.97 Å². The lowest BCUT2D eigenvalue weighted by Crippen LogP contribution is -2.26. The van der Waals surface area contributed by atoms with E-state index in [0.29, 0.717) is 24.3 Å². The van der Waals surface area contributed by atoms with Crippen LogP contribution in [0.2, 0.25) is 0 Å². The second-order valence-corrected chi connectivity index (χ2v) is 7.98. The molecule has 0 heterocycles. The topological polar surface area (TPSA) is 26.3 Å². The molecule has 0 N–H and O–H groups in total. The number of halogens is 1. The third-order valence-corrected chi connectivity index (χ3v) is 6.15. The molecule has 144 valence electrons. The smallest absolute Gasteiger partial charge is 0.339 e. The van der Waals surface area contributed by atoms with Crippen LogP contribution in [0.1, 0.15) is 66.6 Å². The zero-order valence-corrected chi connectivity index (χ0v) is 16.6. The van der Waals surface area contributed by atoms with Crippen molar-refractivity contribution in [2.24, 2.45) is 0 Å². The second kappa shape index (κ2) is 7.05. The van der Waals surface area contributed by atoms with E-state index < -0.39 is 5.60 Å². The molecule has 3 aromatic carbocycles.